The summed E-state index contributed by atoms with van der Waals surface area (Å²) in [5.74, 6) is 2.37. The second-order valence-electron chi connectivity index (χ2n) is 8.35. The van der Waals surface area contributed by atoms with Gasteiger partial charge in [-0.1, -0.05) is 12.1 Å². The summed E-state index contributed by atoms with van der Waals surface area (Å²) in [6.45, 7) is 3.35. The molecule has 2 aliphatic heterocycles. The van der Waals surface area contributed by atoms with Gasteiger partial charge in [0.25, 0.3) is 5.91 Å². The number of amides is 1. The van der Waals surface area contributed by atoms with Crippen LogP contribution in [0.25, 0.3) is 0 Å². The number of nitrogens with zero attached hydrogens (tertiary/aromatic N) is 4. The number of fused-ring (bicyclic) bond motifs is 3. The van der Waals surface area contributed by atoms with Crippen molar-refractivity contribution in [3.63, 3.8) is 0 Å². The number of hydrogen-bond acceptors (Lipinski definition) is 6. The van der Waals surface area contributed by atoms with Crippen LogP contribution in [0, 0.1) is 5.82 Å². The van der Waals surface area contributed by atoms with E-state index in [-0.39, 0.29) is 11.7 Å². The largest absolute Gasteiger partial charge is 0.457 e. The van der Waals surface area contributed by atoms with E-state index in [1.54, 1.807) is 30.3 Å². The lowest BCUT2D eigenvalue weighted by Crippen LogP contribution is -2.58. The Morgan fingerprint density at radius 1 is 1.12 bits per heavy atom. The fourth-order valence-electron chi connectivity index (χ4n) is 4.38. The molecule has 32 heavy (non-hydrogen) atoms. The van der Waals surface area contributed by atoms with Gasteiger partial charge < -0.3 is 19.9 Å². The van der Waals surface area contributed by atoms with Crippen LogP contribution in [-0.2, 0) is 11.3 Å². The maximum atomic E-state index is 13.0. The number of halogens is 1. The molecule has 1 amide bonds. The first-order chi connectivity index (χ1) is 15.4. The summed E-state index contributed by atoms with van der Waals surface area (Å²) >= 11 is 0. The second-order valence-corrected chi connectivity index (χ2v) is 8.35. The molecule has 2 aromatic carbocycles. The van der Waals surface area contributed by atoms with Crippen LogP contribution in [0.2, 0.25) is 0 Å². The Morgan fingerprint density at radius 2 is 1.81 bits per heavy atom. The first-order valence-electron chi connectivity index (χ1n) is 10.6. The number of ether oxygens (including phenoxy) is 1. The molecule has 1 unspecified atom stereocenters. The second kappa shape index (κ2) is 7.78. The molecule has 1 aromatic heterocycles. The van der Waals surface area contributed by atoms with E-state index in [9.17, 15) is 9.18 Å². The quantitative estimate of drug-likeness (QED) is 0.645. The number of hydrogen-bond donors (Lipinski definition) is 1. The number of aromatic nitrogens is 2. The van der Waals surface area contributed by atoms with Crippen LogP contribution in [-0.4, -0.2) is 35.0 Å². The zero-order valence-electron chi connectivity index (χ0n) is 18.0. The van der Waals surface area contributed by atoms with Crippen LogP contribution in [0.3, 0.4) is 0 Å². The Hall–Kier alpha value is -3.68. The van der Waals surface area contributed by atoms with E-state index >= 15 is 0 Å². The van der Waals surface area contributed by atoms with Crippen molar-refractivity contribution < 1.29 is 13.9 Å². The van der Waals surface area contributed by atoms with Crippen molar-refractivity contribution in [2.45, 2.75) is 31.8 Å². The minimum atomic E-state index is -0.534. The zero-order valence-corrected chi connectivity index (χ0v) is 18.0. The number of carbonyl (C=O) groups excluding carboxylic acids is 1. The van der Waals surface area contributed by atoms with Gasteiger partial charge in [-0.25, -0.2) is 9.37 Å². The van der Waals surface area contributed by atoms with Crippen molar-refractivity contribution in [3.8, 4) is 11.5 Å². The highest BCUT2D eigenvalue weighted by molar-refractivity contribution is 6.07. The maximum absolute atomic E-state index is 13.0. The summed E-state index contributed by atoms with van der Waals surface area (Å²) in [4.78, 5) is 25.8. The van der Waals surface area contributed by atoms with Crippen molar-refractivity contribution in [2.24, 2.45) is 0 Å². The van der Waals surface area contributed by atoms with E-state index < -0.39 is 5.54 Å². The van der Waals surface area contributed by atoms with E-state index in [2.05, 4.69) is 15.2 Å². The monoisotopic (exact) mass is 433 g/mol. The van der Waals surface area contributed by atoms with Gasteiger partial charge in [-0.15, -0.1) is 0 Å². The van der Waals surface area contributed by atoms with E-state index in [1.807, 2.05) is 31.2 Å². The van der Waals surface area contributed by atoms with E-state index in [1.165, 1.54) is 12.1 Å². The fraction of sp³-hybridized carbons (Fsp3) is 0.292. The molecule has 0 bridgehead atoms. The Kier molecular flexibility index (Phi) is 4.92. The topological polar surface area (TPSA) is 70.6 Å². The van der Waals surface area contributed by atoms with Gasteiger partial charge in [-0.05, 0) is 61.7 Å². The highest BCUT2D eigenvalue weighted by atomic mass is 19.1. The first kappa shape index (κ1) is 20.2. The highest BCUT2D eigenvalue weighted by Crippen LogP contribution is 2.43. The number of likely N-dealkylation sites (N-methyl/N-ethyl adjacent to an activating group) is 1. The molecule has 1 atom stereocenters. The molecule has 0 spiro atoms. The smallest absolute Gasteiger partial charge is 0.252 e. The molecule has 3 aromatic rings. The fourth-order valence-corrected chi connectivity index (χ4v) is 4.38. The first-order valence-corrected chi connectivity index (χ1v) is 10.6. The lowest BCUT2D eigenvalue weighted by atomic mass is 9.94. The van der Waals surface area contributed by atoms with Gasteiger partial charge in [0, 0.05) is 20.1 Å². The Balaban J connectivity index is 1.28. The number of carbonyl (C=O) groups is 1. The lowest BCUT2D eigenvalue weighted by Gasteiger charge is -2.43. The maximum Gasteiger partial charge on any atom is 0.252 e. The van der Waals surface area contributed by atoms with Crippen LogP contribution in [0.15, 0.2) is 54.7 Å². The van der Waals surface area contributed by atoms with Gasteiger partial charge >= 0.3 is 0 Å². The van der Waals surface area contributed by atoms with Gasteiger partial charge in [-0.2, -0.15) is 4.98 Å². The average Bonchev–Trinajstić information content (AvgIpc) is 3.21. The molecular weight excluding hydrogens is 409 g/mol. The van der Waals surface area contributed by atoms with Crippen molar-refractivity contribution >= 4 is 23.4 Å². The molecule has 1 saturated heterocycles. The summed E-state index contributed by atoms with van der Waals surface area (Å²) < 4.78 is 18.8. The van der Waals surface area contributed by atoms with Crippen molar-refractivity contribution in [2.75, 3.05) is 28.7 Å². The van der Waals surface area contributed by atoms with Crippen LogP contribution in [0.1, 0.15) is 25.3 Å². The van der Waals surface area contributed by atoms with Gasteiger partial charge in [-0.3, -0.25) is 4.79 Å². The minimum absolute atomic E-state index is 0.0924. The van der Waals surface area contributed by atoms with Crippen LogP contribution in [0.4, 0.5) is 21.8 Å². The molecule has 0 saturated carbocycles. The normalized spacial score (nSPS) is 19.5. The third-order valence-corrected chi connectivity index (χ3v) is 6.20. The summed E-state index contributed by atoms with van der Waals surface area (Å²) in [6, 6.07) is 13.6. The predicted molar refractivity (Wildman–Crippen MR) is 121 cm³/mol. The van der Waals surface area contributed by atoms with E-state index in [4.69, 9.17) is 9.72 Å². The molecule has 1 N–H and O–H groups in total. The van der Waals surface area contributed by atoms with Gasteiger partial charge in [0.05, 0.1) is 6.20 Å². The SMILES string of the molecule is CN1C(=O)C2(C)CCCN2c2nc(NCc3ccc(Oc4ccc(F)cc4)cc3)ncc21. The molecule has 5 rings (SSSR count). The van der Waals surface area contributed by atoms with Crippen molar-refractivity contribution in [3.05, 3.63) is 66.1 Å². The summed E-state index contributed by atoms with van der Waals surface area (Å²) in [7, 11) is 1.79. The molecule has 164 valence electrons. The average molecular weight is 433 g/mol. The number of benzene rings is 2. The number of anilines is 3. The van der Waals surface area contributed by atoms with Crippen molar-refractivity contribution in [1.29, 1.82) is 0 Å². The predicted octanol–water partition coefficient (Wildman–Crippen LogP) is 4.36. The molecule has 1 fully saturated rings. The summed E-state index contributed by atoms with van der Waals surface area (Å²) in [5.41, 5.74) is 1.24. The minimum Gasteiger partial charge on any atom is -0.457 e. The number of nitrogens with one attached hydrogen (secondary N) is 1. The van der Waals surface area contributed by atoms with Crippen molar-refractivity contribution in [1.82, 2.24) is 9.97 Å². The Morgan fingerprint density at radius 3 is 2.53 bits per heavy atom. The number of rotatable bonds is 5. The third kappa shape index (κ3) is 3.51. The molecule has 2 aliphatic rings. The highest BCUT2D eigenvalue weighted by Gasteiger charge is 2.50. The zero-order chi connectivity index (χ0) is 22.3. The molecule has 7 nitrogen and oxygen atoms in total. The molecule has 3 heterocycles. The lowest BCUT2D eigenvalue weighted by molar-refractivity contribution is -0.123. The van der Waals surface area contributed by atoms with Gasteiger partial charge in [0.15, 0.2) is 5.82 Å². The van der Waals surface area contributed by atoms with E-state index in [0.717, 1.165) is 36.5 Å². The van der Waals surface area contributed by atoms with Crippen LogP contribution in [0.5, 0.6) is 11.5 Å². The van der Waals surface area contributed by atoms with Crippen LogP contribution >= 0.6 is 0 Å². The standard InChI is InChI=1S/C24H24FN5O2/c1-24-12-3-13-30(24)21-20(29(2)22(24)31)15-27-23(28-21)26-14-16-4-8-18(9-5-16)32-19-10-6-17(25)7-11-19/h4-11,15H,3,12-14H2,1-2H3,(H,26,27,28). The molecular formula is C24H24FN5O2. The molecule has 0 aliphatic carbocycles. The third-order valence-electron chi connectivity index (χ3n) is 6.20. The van der Waals surface area contributed by atoms with Gasteiger partial charge in [0.1, 0.15) is 28.5 Å². The summed E-state index contributed by atoms with van der Waals surface area (Å²) in [5, 5.41) is 3.27. The van der Waals surface area contributed by atoms with Crippen LogP contribution < -0.4 is 19.9 Å². The molecule has 8 heteroatoms. The Labute approximate surface area is 185 Å². The Bertz CT molecular complexity index is 1150. The van der Waals surface area contributed by atoms with E-state index in [0.29, 0.717) is 24.0 Å². The summed E-state index contributed by atoms with van der Waals surface area (Å²) in [6.07, 6.45) is 3.50. The van der Waals surface area contributed by atoms with Gasteiger partial charge in [0.2, 0.25) is 5.95 Å². The molecule has 0 radical (unpaired) electrons.